The molecular weight excluding hydrogens is 330 g/mol. The summed E-state index contributed by atoms with van der Waals surface area (Å²) in [6.45, 7) is 9.89. The van der Waals surface area contributed by atoms with Crippen molar-refractivity contribution in [3.8, 4) is 0 Å². The van der Waals surface area contributed by atoms with Gasteiger partial charge >= 0.3 is 6.03 Å². The van der Waals surface area contributed by atoms with E-state index in [2.05, 4.69) is 24.1 Å². The van der Waals surface area contributed by atoms with E-state index in [0.717, 1.165) is 5.56 Å². The zero-order valence-corrected chi connectivity index (χ0v) is 16.1. The summed E-state index contributed by atoms with van der Waals surface area (Å²) in [5, 5.41) is 3.01. The fourth-order valence-electron chi connectivity index (χ4n) is 4.14. The number of imide groups is 1. The number of hydrogen-bond acceptors (Lipinski definition) is 4. The number of rotatable bonds is 5. The molecule has 6 nitrogen and oxygen atoms in total. The molecule has 1 aromatic rings. The molecule has 1 N–H and O–H groups in total. The molecule has 2 aliphatic rings. The molecular formula is C20H29N3O3. The smallest absolute Gasteiger partial charge is 0.326 e. The fourth-order valence-corrected chi connectivity index (χ4v) is 4.14. The van der Waals surface area contributed by atoms with Gasteiger partial charge in [-0.2, -0.15) is 0 Å². The number of ether oxygens (including phenoxy) is 1. The number of carbonyl (C=O) groups excluding carboxylic acids is 2. The number of nitrogens with one attached hydrogen (secondary N) is 1. The van der Waals surface area contributed by atoms with Gasteiger partial charge in [-0.1, -0.05) is 44.2 Å². The second-order valence-electron chi connectivity index (χ2n) is 7.97. The van der Waals surface area contributed by atoms with Gasteiger partial charge in [0, 0.05) is 13.1 Å². The first-order valence-electron chi connectivity index (χ1n) is 9.39. The maximum absolute atomic E-state index is 13.4. The largest absolute Gasteiger partial charge is 0.373 e. The molecule has 0 saturated carbocycles. The molecule has 2 fully saturated rings. The molecule has 1 aromatic carbocycles. The van der Waals surface area contributed by atoms with Crippen LogP contribution in [-0.4, -0.2) is 53.7 Å². The van der Waals surface area contributed by atoms with Gasteiger partial charge in [0.15, 0.2) is 0 Å². The van der Waals surface area contributed by atoms with Crippen LogP contribution in [0.2, 0.25) is 0 Å². The summed E-state index contributed by atoms with van der Waals surface area (Å²) in [5.41, 5.74) is -0.131. The molecule has 0 spiro atoms. The van der Waals surface area contributed by atoms with Gasteiger partial charge in [-0.25, -0.2) is 9.69 Å². The van der Waals surface area contributed by atoms with Crippen molar-refractivity contribution in [2.45, 2.75) is 51.9 Å². The molecule has 2 aliphatic heterocycles. The summed E-state index contributed by atoms with van der Waals surface area (Å²) in [4.78, 5) is 29.6. The van der Waals surface area contributed by atoms with Crippen LogP contribution in [0, 0.1) is 5.92 Å². The molecule has 2 heterocycles. The predicted molar refractivity (Wildman–Crippen MR) is 99.4 cm³/mol. The quantitative estimate of drug-likeness (QED) is 0.821. The van der Waals surface area contributed by atoms with Crippen LogP contribution in [0.25, 0.3) is 0 Å². The Morgan fingerprint density at radius 2 is 1.77 bits per heavy atom. The van der Waals surface area contributed by atoms with Crippen LogP contribution >= 0.6 is 0 Å². The van der Waals surface area contributed by atoms with Crippen LogP contribution in [0.4, 0.5) is 4.79 Å². The van der Waals surface area contributed by atoms with E-state index in [1.54, 1.807) is 0 Å². The SMILES string of the molecule is CC(C)C[C@]1(c2ccccc2)NC(=O)N(CN2C[C@H](C)O[C@@H](C)C2)C1=O. The molecule has 0 unspecified atom stereocenters. The first kappa shape index (κ1) is 18.9. The average Bonchev–Trinajstić information content (AvgIpc) is 2.79. The zero-order chi connectivity index (χ0) is 18.9. The van der Waals surface area contributed by atoms with Crippen molar-refractivity contribution in [1.29, 1.82) is 0 Å². The molecule has 3 rings (SSSR count). The molecule has 142 valence electrons. The van der Waals surface area contributed by atoms with Crippen molar-refractivity contribution in [1.82, 2.24) is 15.1 Å². The van der Waals surface area contributed by atoms with Crippen molar-refractivity contribution in [2.24, 2.45) is 5.92 Å². The highest BCUT2D eigenvalue weighted by Gasteiger charge is 2.52. The van der Waals surface area contributed by atoms with Gasteiger partial charge in [0.05, 0.1) is 18.9 Å². The summed E-state index contributed by atoms with van der Waals surface area (Å²) in [6.07, 6.45) is 0.761. The Hall–Kier alpha value is -1.92. The third kappa shape index (κ3) is 3.62. The summed E-state index contributed by atoms with van der Waals surface area (Å²) in [5.74, 6) is 0.108. The van der Waals surface area contributed by atoms with Crippen LogP contribution in [0.3, 0.4) is 0 Å². The van der Waals surface area contributed by atoms with Crippen LogP contribution in [-0.2, 0) is 15.1 Å². The Morgan fingerprint density at radius 3 is 2.35 bits per heavy atom. The molecule has 3 amide bonds. The molecule has 6 heteroatoms. The number of urea groups is 1. The van der Waals surface area contributed by atoms with E-state index in [4.69, 9.17) is 4.74 Å². The van der Waals surface area contributed by atoms with E-state index in [-0.39, 0.29) is 30.1 Å². The molecule has 0 radical (unpaired) electrons. The predicted octanol–water partition coefficient (Wildman–Crippen LogP) is 2.55. The minimum absolute atomic E-state index is 0.0917. The first-order valence-corrected chi connectivity index (χ1v) is 9.39. The standard InChI is InChI=1S/C20H29N3O3/c1-14(2)10-20(17-8-6-5-7-9-17)18(24)23(19(25)21-20)13-22-11-15(3)26-16(4)12-22/h5-9,14-16H,10-13H2,1-4H3,(H,21,25)/t15-,16-,20+/m0/s1. The topological polar surface area (TPSA) is 61.9 Å². The van der Waals surface area contributed by atoms with Crippen molar-refractivity contribution >= 4 is 11.9 Å². The van der Waals surface area contributed by atoms with E-state index in [1.165, 1.54) is 4.90 Å². The summed E-state index contributed by atoms with van der Waals surface area (Å²) >= 11 is 0. The molecule has 0 aromatic heterocycles. The Balaban J connectivity index is 1.85. The van der Waals surface area contributed by atoms with Crippen LogP contribution in [0.1, 0.15) is 39.7 Å². The molecule has 26 heavy (non-hydrogen) atoms. The average molecular weight is 359 g/mol. The normalized spacial score (nSPS) is 30.1. The van der Waals surface area contributed by atoms with E-state index >= 15 is 0 Å². The summed E-state index contributed by atoms with van der Waals surface area (Å²) in [6, 6.07) is 9.26. The third-order valence-electron chi connectivity index (χ3n) is 4.99. The highest BCUT2D eigenvalue weighted by Crippen LogP contribution is 2.35. The fraction of sp³-hybridized carbons (Fsp3) is 0.600. The number of hydrogen-bond donors (Lipinski definition) is 1. The highest BCUT2D eigenvalue weighted by atomic mass is 16.5. The number of morpholine rings is 1. The van der Waals surface area contributed by atoms with Crippen LogP contribution in [0.15, 0.2) is 30.3 Å². The lowest BCUT2D eigenvalue weighted by Gasteiger charge is -2.37. The lowest BCUT2D eigenvalue weighted by molar-refractivity contribution is -0.136. The molecule has 2 saturated heterocycles. The van der Waals surface area contributed by atoms with Gasteiger partial charge in [-0.15, -0.1) is 0 Å². The number of benzene rings is 1. The highest BCUT2D eigenvalue weighted by molar-refractivity contribution is 6.07. The Labute approximate surface area is 155 Å². The van der Waals surface area contributed by atoms with Gasteiger partial charge in [0.25, 0.3) is 5.91 Å². The molecule has 0 bridgehead atoms. The molecule has 3 atom stereocenters. The van der Waals surface area contributed by atoms with Crippen molar-refractivity contribution in [3.05, 3.63) is 35.9 Å². The number of nitrogens with zero attached hydrogens (tertiary/aromatic N) is 2. The molecule has 0 aliphatic carbocycles. The summed E-state index contributed by atoms with van der Waals surface area (Å²) in [7, 11) is 0. The van der Waals surface area contributed by atoms with Crippen molar-refractivity contribution in [3.63, 3.8) is 0 Å². The second-order valence-corrected chi connectivity index (χ2v) is 7.97. The number of carbonyl (C=O) groups is 2. The van der Waals surface area contributed by atoms with Crippen LogP contribution < -0.4 is 5.32 Å². The van der Waals surface area contributed by atoms with E-state index < -0.39 is 5.54 Å². The maximum Gasteiger partial charge on any atom is 0.326 e. The Bertz CT molecular complexity index is 654. The first-order chi connectivity index (χ1) is 12.3. The van der Waals surface area contributed by atoms with E-state index in [9.17, 15) is 9.59 Å². The third-order valence-corrected chi connectivity index (χ3v) is 4.99. The van der Waals surface area contributed by atoms with E-state index in [1.807, 2.05) is 44.2 Å². The van der Waals surface area contributed by atoms with Gasteiger partial charge in [-0.3, -0.25) is 9.69 Å². The lowest BCUT2D eigenvalue weighted by Crippen LogP contribution is -2.51. The van der Waals surface area contributed by atoms with Crippen molar-refractivity contribution in [2.75, 3.05) is 19.8 Å². The maximum atomic E-state index is 13.4. The van der Waals surface area contributed by atoms with Gasteiger partial charge < -0.3 is 10.1 Å². The Morgan fingerprint density at radius 1 is 1.15 bits per heavy atom. The Kier molecular flexibility index (Phi) is 5.34. The van der Waals surface area contributed by atoms with E-state index in [0.29, 0.717) is 26.2 Å². The zero-order valence-electron chi connectivity index (χ0n) is 16.1. The summed E-state index contributed by atoms with van der Waals surface area (Å²) < 4.78 is 5.75. The minimum Gasteiger partial charge on any atom is -0.373 e. The monoisotopic (exact) mass is 359 g/mol. The number of amides is 3. The van der Waals surface area contributed by atoms with Gasteiger partial charge in [0.2, 0.25) is 0 Å². The van der Waals surface area contributed by atoms with Crippen molar-refractivity contribution < 1.29 is 14.3 Å². The van der Waals surface area contributed by atoms with Crippen LogP contribution in [0.5, 0.6) is 0 Å². The van der Waals surface area contributed by atoms with Gasteiger partial charge in [0.1, 0.15) is 5.54 Å². The minimum atomic E-state index is -0.976. The second kappa shape index (κ2) is 7.37. The lowest BCUT2D eigenvalue weighted by atomic mass is 9.82. The van der Waals surface area contributed by atoms with Gasteiger partial charge in [-0.05, 0) is 31.7 Å².